The highest BCUT2D eigenvalue weighted by molar-refractivity contribution is 7.89. The van der Waals surface area contributed by atoms with Crippen LogP contribution >= 0.6 is 0 Å². The number of nitrogens with two attached hydrogens (primary N) is 2. The van der Waals surface area contributed by atoms with Gasteiger partial charge in [-0.15, -0.1) is 0 Å². The molecular weight excluding hydrogens is 286 g/mol. The highest BCUT2D eigenvalue weighted by atomic mass is 32.2. The molecule has 0 aliphatic heterocycles. The number of rotatable bonds is 3. The first-order valence-corrected chi connectivity index (χ1v) is 8.26. The number of aryl methyl sites for hydroxylation is 1. The molecule has 0 bridgehead atoms. The average molecular weight is 303 g/mol. The number of nitrogens with one attached hydrogen (secondary N) is 1. The van der Waals surface area contributed by atoms with Crippen LogP contribution in [0.3, 0.4) is 0 Å². The Morgan fingerprint density at radius 1 is 1.14 bits per heavy atom. The van der Waals surface area contributed by atoms with Gasteiger partial charge in [0.25, 0.3) is 0 Å². The molecule has 1 aliphatic rings. The van der Waals surface area contributed by atoms with Crippen molar-refractivity contribution in [2.45, 2.75) is 23.8 Å². The monoisotopic (exact) mass is 303 g/mol. The smallest absolute Gasteiger partial charge is 0.240 e. The Morgan fingerprint density at radius 3 is 2.67 bits per heavy atom. The summed E-state index contributed by atoms with van der Waals surface area (Å²) in [5, 5.41) is 8.55. The normalized spacial score (nSPS) is 17.5. The number of fused-ring (bicyclic) bond motifs is 1. The Bertz CT molecular complexity index is 787. The molecule has 0 heterocycles. The third-order valence-corrected chi connectivity index (χ3v) is 4.74. The second kappa shape index (κ2) is 5.05. The topological polar surface area (TPSA) is 98.2 Å². The van der Waals surface area contributed by atoms with Crippen LogP contribution in [0.5, 0.6) is 0 Å². The Labute approximate surface area is 124 Å². The highest BCUT2D eigenvalue weighted by Crippen LogP contribution is 2.36. The summed E-state index contributed by atoms with van der Waals surface area (Å²) in [6.07, 6.45) is 1.83. The summed E-state index contributed by atoms with van der Waals surface area (Å²) >= 11 is 0. The van der Waals surface area contributed by atoms with E-state index in [-0.39, 0.29) is 10.9 Å². The van der Waals surface area contributed by atoms with Gasteiger partial charge in [-0.05, 0) is 48.2 Å². The highest BCUT2D eigenvalue weighted by Gasteiger charge is 2.24. The fraction of sp³-hybridized carbons (Fsp3) is 0.200. The van der Waals surface area contributed by atoms with Gasteiger partial charge in [-0.2, -0.15) is 0 Å². The lowest BCUT2D eigenvalue weighted by Crippen LogP contribution is -2.16. The molecule has 5 nitrogen and oxygen atoms in total. The van der Waals surface area contributed by atoms with E-state index in [0.717, 1.165) is 24.1 Å². The van der Waals surface area contributed by atoms with Crippen LogP contribution in [0, 0.1) is 0 Å². The van der Waals surface area contributed by atoms with Gasteiger partial charge < -0.3 is 11.1 Å². The molecule has 0 saturated carbocycles. The Balaban J connectivity index is 1.94. The summed E-state index contributed by atoms with van der Waals surface area (Å²) in [7, 11) is -3.74. The quantitative estimate of drug-likeness (QED) is 0.755. The largest absolute Gasteiger partial charge is 0.399 e. The molecule has 0 amide bonds. The number of benzene rings is 2. The van der Waals surface area contributed by atoms with Gasteiger partial charge in [-0.3, -0.25) is 0 Å². The van der Waals surface area contributed by atoms with Crippen molar-refractivity contribution in [3.63, 3.8) is 0 Å². The molecule has 5 N–H and O–H groups in total. The molecule has 0 radical (unpaired) electrons. The van der Waals surface area contributed by atoms with Gasteiger partial charge in [-0.25, -0.2) is 13.6 Å². The SMILES string of the molecule is Nc1ccc2c(c1)CCC2Nc1ccccc1S(N)(=O)=O. The molecule has 1 unspecified atom stereocenters. The van der Waals surface area contributed by atoms with Crippen LogP contribution in [-0.2, 0) is 16.4 Å². The molecule has 0 fully saturated rings. The zero-order valence-electron chi connectivity index (χ0n) is 11.4. The molecule has 3 rings (SSSR count). The van der Waals surface area contributed by atoms with E-state index in [0.29, 0.717) is 5.69 Å². The van der Waals surface area contributed by atoms with Crippen molar-refractivity contribution in [3.8, 4) is 0 Å². The average Bonchev–Trinajstić information content (AvgIpc) is 2.80. The number of hydrogen-bond donors (Lipinski definition) is 3. The minimum Gasteiger partial charge on any atom is -0.399 e. The fourth-order valence-corrected chi connectivity index (χ4v) is 3.51. The van der Waals surface area contributed by atoms with Crippen LogP contribution in [0.1, 0.15) is 23.6 Å². The summed E-state index contributed by atoms with van der Waals surface area (Å²) in [5.41, 5.74) is 9.45. The molecular formula is C15H17N3O2S. The number of para-hydroxylation sites is 1. The predicted molar refractivity (Wildman–Crippen MR) is 83.4 cm³/mol. The maximum absolute atomic E-state index is 11.6. The zero-order valence-corrected chi connectivity index (χ0v) is 12.2. The van der Waals surface area contributed by atoms with Gasteiger partial charge in [-0.1, -0.05) is 18.2 Å². The van der Waals surface area contributed by atoms with Crippen LogP contribution in [0.2, 0.25) is 0 Å². The van der Waals surface area contributed by atoms with Crippen molar-refractivity contribution < 1.29 is 8.42 Å². The standard InChI is InChI=1S/C15H17N3O2S/c16-11-6-7-12-10(9-11)5-8-13(12)18-14-3-1-2-4-15(14)21(17,19)20/h1-4,6-7,9,13,18H,5,8,16H2,(H2,17,19,20). The van der Waals surface area contributed by atoms with Gasteiger partial charge in [0.1, 0.15) is 4.90 Å². The first kappa shape index (κ1) is 13.9. The van der Waals surface area contributed by atoms with Gasteiger partial charge in [0.05, 0.1) is 11.7 Å². The third kappa shape index (κ3) is 2.72. The number of sulfonamides is 1. The first-order valence-electron chi connectivity index (χ1n) is 6.72. The minimum atomic E-state index is -3.74. The number of anilines is 2. The van der Waals surface area contributed by atoms with Crippen LogP contribution in [0.15, 0.2) is 47.4 Å². The molecule has 21 heavy (non-hydrogen) atoms. The molecule has 0 aromatic heterocycles. The van der Waals surface area contributed by atoms with E-state index in [1.54, 1.807) is 18.2 Å². The minimum absolute atomic E-state index is 0.0727. The molecule has 0 spiro atoms. The number of hydrogen-bond acceptors (Lipinski definition) is 4. The molecule has 110 valence electrons. The predicted octanol–water partition coefficient (Wildman–Crippen LogP) is 2.02. The lowest BCUT2D eigenvalue weighted by Gasteiger charge is -2.17. The van der Waals surface area contributed by atoms with Crippen molar-refractivity contribution >= 4 is 21.4 Å². The van der Waals surface area contributed by atoms with Gasteiger partial charge in [0, 0.05) is 5.69 Å². The zero-order chi connectivity index (χ0) is 15.0. The van der Waals surface area contributed by atoms with Crippen molar-refractivity contribution in [1.82, 2.24) is 0 Å². The second-order valence-electron chi connectivity index (χ2n) is 5.24. The Morgan fingerprint density at radius 2 is 1.90 bits per heavy atom. The Hall–Kier alpha value is -2.05. The van der Waals surface area contributed by atoms with Crippen molar-refractivity contribution in [2.24, 2.45) is 5.14 Å². The van der Waals surface area contributed by atoms with Gasteiger partial charge in [0.15, 0.2) is 0 Å². The van der Waals surface area contributed by atoms with Crippen molar-refractivity contribution in [1.29, 1.82) is 0 Å². The fourth-order valence-electron chi connectivity index (χ4n) is 2.81. The van der Waals surface area contributed by atoms with E-state index in [4.69, 9.17) is 10.9 Å². The van der Waals surface area contributed by atoms with E-state index in [1.165, 1.54) is 11.6 Å². The van der Waals surface area contributed by atoms with Crippen molar-refractivity contribution in [2.75, 3.05) is 11.1 Å². The summed E-state index contributed by atoms with van der Waals surface area (Å²) in [4.78, 5) is 0.119. The maximum atomic E-state index is 11.6. The van der Waals surface area contributed by atoms with Gasteiger partial charge >= 0.3 is 0 Å². The van der Waals surface area contributed by atoms with E-state index in [2.05, 4.69) is 5.32 Å². The third-order valence-electron chi connectivity index (χ3n) is 3.77. The first-order chi connectivity index (χ1) is 9.95. The molecule has 2 aromatic carbocycles. The second-order valence-corrected chi connectivity index (χ2v) is 6.76. The summed E-state index contributed by atoms with van der Waals surface area (Å²) in [5.74, 6) is 0. The van der Waals surface area contributed by atoms with Crippen LogP contribution in [-0.4, -0.2) is 8.42 Å². The lowest BCUT2D eigenvalue weighted by molar-refractivity contribution is 0.598. The summed E-state index contributed by atoms with van der Waals surface area (Å²) < 4.78 is 23.3. The number of primary sulfonamides is 1. The van der Waals surface area contributed by atoms with Crippen LogP contribution in [0.25, 0.3) is 0 Å². The van der Waals surface area contributed by atoms with E-state index in [9.17, 15) is 8.42 Å². The van der Waals surface area contributed by atoms with E-state index >= 15 is 0 Å². The maximum Gasteiger partial charge on any atom is 0.240 e. The van der Waals surface area contributed by atoms with E-state index < -0.39 is 10.0 Å². The lowest BCUT2D eigenvalue weighted by atomic mass is 10.1. The molecule has 1 atom stereocenters. The Kier molecular flexibility index (Phi) is 3.35. The van der Waals surface area contributed by atoms with Crippen LogP contribution in [0.4, 0.5) is 11.4 Å². The molecule has 0 saturated heterocycles. The summed E-state index contributed by atoms with van der Waals surface area (Å²) in [6, 6.07) is 12.6. The van der Waals surface area contributed by atoms with Crippen molar-refractivity contribution in [3.05, 3.63) is 53.6 Å². The van der Waals surface area contributed by atoms with Crippen LogP contribution < -0.4 is 16.2 Å². The molecule has 6 heteroatoms. The number of nitrogen functional groups attached to an aromatic ring is 1. The molecule has 2 aromatic rings. The molecule has 1 aliphatic carbocycles. The van der Waals surface area contributed by atoms with E-state index in [1.807, 2.05) is 18.2 Å². The van der Waals surface area contributed by atoms with Gasteiger partial charge in [0.2, 0.25) is 10.0 Å². The summed E-state index contributed by atoms with van der Waals surface area (Å²) in [6.45, 7) is 0.